The maximum atomic E-state index is 11.6. The van der Waals surface area contributed by atoms with Gasteiger partial charge in [-0.3, -0.25) is 9.59 Å². The second-order valence-electron chi connectivity index (χ2n) is 6.29. The zero-order valence-electron chi connectivity index (χ0n) is 12.0. The first kappa shape index (κ1) is 16.9. The van der Waals surface area contributed by atoms with Gasteiger partial charge >= 0.3 is 11.9 Å². The Balaban J connectivity index is 4.30. The summed E-state index contributed by atoms with van der Waals surface area (Å²) in [7, 11) is 0. The van der Waals surface area contributed by atoms with Crippen LogP contribution in [0.15, 0.2) is 0 Å². The van der Waals surface area contributed by atoms with Crippen molar-refractivity contribution >= 4 is 11.9 Å². The molecule has 0 aliphatic heterocycles. The third kappa shape index (κ3) is 6.00. The fourth-order valence-electron chi connectivity index (χ4n) is 0.829. The summed E-state index contributed by atoms with van der Waals surface area (Å²) in [6, 6.07) is 0. The molecule has 5 heteroatoms. The van der Waals surface area contributed by atoms with Gasteiger partial charge in [0.1, 0.15) is 13.2 Å². The molecular formula is C13H23O5. The Morgan fingerprint density at radius 1 is 0.944 bits per heavy atom. The third-order valence-corrected chi connectivity index (χ3v) is 2.08. The van der Waals surface area contributed by atoms with E-state index in [1.165, 1.54) is 0 Å². The van der Waals surface area contributed by atoms with Crippen molar-refractivity contribution in [2.75, 3.05) is 13.2 Å². The van der Waals surface area contributed by atoms with Gasteiger partial charge in [0.15, 0.2) is 6.10 Å². The van der Waals surface area contributed by atoms with Crippen molar-refractivity contribution in [3.8, 4) is 0 Å². The first-order valence-electron chi connectivity index (χ1n) is 5.95. The molecule has 0 aliphatic rings. The molecule has 1 radical (unpaired) electrons. The number of rotatable bonds is 4. The minimum Gasteiger partial charge on any atom is -0.461 e. The van der Waals surface area contributed by atoms with Crippen LogP contribution in [-0.4, -0.2) is 31.3 Å². The summed E-state index contributed by atoms with van der Waals surface area (Å²) in [5.74, 6) is -0.900. The zero-order chi connectivity index (χ0) is 14.6. The van der Waals surface area contributed by atoms with E-state index in [9.17, 15) is 14.7 Å². The lowest BCUT2D eigenvalue weighted by atomic mass is 9.97. The second-order valence-corrected chi connectivity index (χ2v) is 6.29. The molecule has 0 heterocycles. The zero-order valence-corrected chi connectivity index (χ0v) is 12.0. The van der Waals surface area contributed by atoms with Crippen molar-refractivity contribution in [1.29, 1.82) is 0 Å². The van der Waals surface area contributed by atoms with Crippen LogP contribution in [0.5, 0.6) is 0 Å². The van der Waals surface area contributed by atoms with Gasteiger partial charge < -0.3 is 9.47 Å². The van der Waals surface area contributed by atoms with Gasteiger partial charge in [0, 0.05) is 0 Å². The third-order valence-electron chi connectivity index (χ3n) is 2.08. The predicted molar refractivity (Wildman–Crippen MR) is 65.3 cm³/mol. The van der Waals surface area contributed by atoms with Crippen LogP contribution < -0.4 is 0 Å². The molecule has 0 bridgehead atoms. The van der Waals surface area contributed by atoms with Gasteiger partial charge in [-0.25, -0.2) is 5.11 Å². The van der Waals surface area contributed by atoms with Gasteiger partial charge in [0.05, 0.1) is 10.8 Å². The topological polar surface area (TPSA) is 72.5 Å². The quantitative estimate of drug-likeness (QED) is 0.723. The molecule has 0 aliphatic carbocycles. The summed E-state index contributed by atoms with van der Waals surface area (Å²) in [4.78, 5) is 23.1. The van der Waals surface area contributed by atoms with Gasteiger partial charge in [0.2, 0.25) is 0 Å². The van der Waals surface area contributed by atoms with Gasteiger partial charge in [0.25, 0.3) is 0 Å². The fraction of sp³-hybridized carbons (Fsp3) is 0.846. The SMILES string of the molecule is CC(C)(C)C(=O)OC[C@H](C[O])OC(=O)C(C)(C)C. The highest BCUT2D eigenvalue weighted by atomic mass is 16.6. The van der Waals surface area contributed by atoms with E-state index in [-0.39, 0.29) is 6.61 Å². The van der Waals surface area contributed by atoms with Crippen LogP contribution in [0.4, 0.5) is 0 Å². The van der Waals surface area contributed by atoms with Gasteiger partial charge in [-0.05, 0) is 41.5 Å². The van der Waals surface area contributed by atoms with Crippen LogP contribution in [0.25, 0.3) is 0 Å². The first-order valence-corrected chi connectivity index (χ1v) is 5.95. The molecule has 0 aromatic rings. The molecule has 105 valence electrons. The van der Waals surface area contributed by atoms with Crippen LogP contribution >= 0.6 is 0 Å². The molecule has 0 saturated carbocycles. The summed E-state index contributed by atoms with van der Waals surface area (Å²) in [5, 5.41) is 10.9. The standard InChI is InChI=1S/C13H23O5/c1-12(2,3)10(15)17-8-9(7-14)18-11(16)13(4,5)6/h9H,7-8H2,1-6H3/t9-/m0/s1. The lowest BCUT2D eigenvalue weighted by Gasteiger charge is -2.23. The number of hydrogen-bond acceptors (Lipinski definition) is 4. The Morgan fingerprint density at radius 2 is 1.39 bits per heavy atom. The Kier molecular flexibility index (Phi) is 5.80. The Labute approximate surface area is 108 Å². The second kappa shape index (κ2) is 6.18. The average Bonchev–Trinajstić information content (AvgIpc) is 2.20. The summed E-state index contributed by atoms with van der Waals surface area (Å²) in [6.45, 7) is 9.39. The minimum absolute atomic E-state index is 0.193. The monoisotopic (exact) mass is 259 g/mol. The molecule has 0 fully saturated rings. The number of hydrogen-bond donors (Lipinski definition) is 0. The molecular weight excluding hydrogens is 236 g/mol. The highest BCUT2D eigenvalue weighted by Gasteiger charge is 2.28. The van der Waals surface area contributed by atoms with Crippen LogP contribution in [0.2, 0.25) is 0 Å². The van der Waals surface area contributed by atoms with Crippen LogP contribution in [-0.2, 0) is 24.2 Å². The van der Waals surface area contributed by atoms with Crippen molar-refractivity contribution in [1.82, 2.24) is 0 Å². The van der Waals surface area contributed by atoms with E-state index < -0.39 is 35.5 Å². The smallest absolute Gasteiger partial charge is 0.311 e. The molecule has 0 saturated heterocycles. The van der Waals surface area contributed by atoms with E-state index in [1.54, 1.807) is 41.5 Å². The van der Waals surface area contributed by atoms with E-state index in [2.05, 4.69) is 0 Å². The number of carbonyl (C=O) groups excluding carboxylic acids is 2. The Morgan fingerprint density at radius 3 is 1.72 bits per heavy atom. The van der Waals surface area contributed by atoms with Gasteiger partial charge in [-0.2, -0.15) is 0 Å². The Bertz CT molecular complexity index is 295. The average molecular weight is 259 g/mol. The van der Waals surface area contributed by atoms with Crippen LogP contribution in [0.3, 0.4) is 0 Å². The largest absolute Gasteiger partial charge is 0.461 e. The van der Waals surface area contributed by atoms with E-state index in [0.29, 0.717) is 0 Å². The lowest BCUT2D eigenvalue weighted by molar-refractivity contribution is -0.172. The fourth-order valence-corrected chi connectivity index (χ4v) is 0.829. The van der Waals surface area contributed by atoms with E-state index in [4.69, 9.17) is 9.47 Å². The number of carbonyl (C=O) groups is 2. The van der Waals surface area contributed by atoms with E-state index >= 15 is 0 Å². The molecule has 18 heavy (non-hydrogen) atoms. The van der Waals surface area contributed by atoms with Gasteiger partial charge in [-0.1, -0.05) is 0 Å². The van der Waals surface area contributed by atoms with E-state index in [1.807, 2.05) is 0 Å². The van der Waals surface area contributed by atoms with Crippen LogP contribution in [0.1, 0.15) is 41.5 Å². The summed E-state index contributed by atoms with van der Waals surface area (Å²) in [5.41, 5.74) is -1.32. The lowest BCUT2D eigenvalue weighted by Crippen LogP contribution is -2.35. The molecule has 0 aromatic heterocycles. The predicted octanol–water partition coefficient (Wildman–Crippen LogP) is 1.96. The maximum absolute atomic E-state index is 11.6. The van der Waals surface area contributed by atoms with Gasteiger partial charge in [-0.15, -0.1) is 0 Å². The highest BCUT2D eigenvalue weighted by molar-refractivity contribution is 5.76. The molecule has 0 N–H and O–H groups in total. The molecule has 0 unspecified atom stereocenters. The number of esters is 2. The molecule has 1 atom stereocenters. The first-order chi connectivity index (χ1) is 7.98. The molecule has 0 amide bonds. The van der Waals surface area contributed by atoms with Crippen molar-refractivity contribution in [3.05, 3.63) is 0 Å². The minimum atomic E-state index is -0.928. The molecule has 0 aromatic carbocycles. The summed E-state index contributed by atoms with van der Waals surface area (Å²) in [6.07, 6.45) is -0.928. The van der Waals surface area contributed by atoms with Crippen molar-refractivity contribution in [3.63, 3.8) is 0 Å². The molecule has 0 spiro atoms. The maximum Gasteiger partial charge on any atom is 0.311 e. The van der Waals surface area contributed by atoms with Crippen LogP contribution in [0, 0.1) is 10.8 Å². The summed E-state index contributed by atoms with van der Waals surface area (Å²) >= 11 is 0. The van der Waals surface area contributed by atoms with Crippen molar-refractivity contribution in [2.24, 2.45) is 10.8 Å². The summed E-state index contributed by atoms with van der Waals surface area (Å²) < 4.78 is 9.96. The van der Waals surface area contributed by atoms with Crippen molar-refractivity contribution < 1.29 is 24.2 Å². The normalized spacial score (nSPS) is 13.9. The van der Waals surface area contributed by atoms with Crippen molar-refractivity contribution in [2.45, 2.75) is 47.6 Å². The highest BCUT2D eigenvalue weighted by Crippen LogP contribution is 2.18. The molecule has 5 nitrogen and oxygen atoms in total. The number of ether oxygens (including phenoxy) is 2. The molecule has 0 rings (SSSR count). The van der Waals surface area contributed by atoms with E-state index in [0.717, 1.165) is 0 Å². The Hall–Kier alpha value is -1.10.